The lowest BCUT2D eigenvalue weighted by molar-refractivity contribution is -0.0393. The topological polar surface area (TPSA) is 77.0 Å². The summed E-state index contributed by atoms with van der Waals surface area (Å²) < 4.78 is 22.1. The molecular weight excluding hydrogens is 465 g/mol. The highest BCUT2D eigenvalue weighted by atomic mass is 79.9. The van der Waals surface area contributed by atoms with Gasteiger partial charge in [0, 0.05) is 29.5 Å². The SMILES string of the molecule is Cn1c(=O)n(CC2COC2)c2cc(Br)c(C(=O)c3cc(F)ccc3Cl)c(C#N)c21. The second-order valence-corrected chi connectivity index (χ2v) is 8.16. The number of carbonyl (C=O) groups is 1. The van der Waals surface area contributed by atoms with Gasteiger partial charge >= 0.3 is 5.69 Å². The Morgan fingerprint density at radius 1 is 1.41 bits per heavy atom. The van der Waals surface area contributed by atoms with E-state index in [9.17, 15) is 19.2 Å². The number of rotatable bonds is 4. The van der Waals surface area contributed by atoms with Crippen LogP contribution in [-0.4, -0.2) is 28.1 Å². The summed E-state index contributed by atoms with van der Waals surface area (Å²) in [5.41, 5.74) is 0.602. The first-order valence-corrected chi connectivity index (χ1v) is 9.90. The van der Waals surface area contributed by atoms with Crippen LogP contribution in [0.2, 0.25) is 5.02 Å². The van der Waals surface area contributed by atoms with Crippen molar-refractivity contribution in [3.63, 3.8) is 0 Å². The molecule has 1 saturated heterocycles. The first-order valence-electron chi connectivity index (χ1n) is 8.72. The number of ether oxygens (including phenoxy) is 1. The molecular formula is C20H14BrClFN3O3. The van der Waals surface area contributed by atoms with Crippen LogP contribution in [0.4, 0.5) is 4.39 Å². The zero-order valence-corrected chi connectivity index (χ0v) is 17.6. The summed E-state index contributed by atoms with van der Waals surface area (Å²) in [6, 6.07) is 7.15. The summed E-state index contributed by atoms with van der Waals surface area (Å²) in [6.07, 6.45) is 0. The second kappa shape index (κ2) is 7.41. The van der Waals surface area contributed by atoms with Crippen molar-refractivity contribution in [1.82, 2.24) is 9.13 Å². The van der Waals surface area contributed by atoms with Gasteiger partial charge in [0.2, 0.25) is 0 Å². The van der Waals surface area contributed by atoms with E-state index >= 15 is 0 Å². The molecule has 1 aromatic heterocycles. The Hall–Kier alpha value is -2.47. The monoisotopic (exact) mass is 477 g/mol. The molecule has 0 N–H and O–H groups in total. The van der Waals surface area contributed by atoms with Gasteiger partial charge in [-0.05, 0) is 40.2 Å². The van der Waals surface area contributed by atoms with Crippen LogP contribution in [0, 0.1) is 23.1 Å². The molecule has 0 saturated carbocycles. The van der Waals surface area contributed by atoms with Crippen LogP contribution in [0.5, 0.6) is 0 Å². The molecule has 0 atom stereocenters. The fourth-order valence-electron chi connectivity index (χ4n) is 3.51. The number of ketones is 1. The van der Waals surface area contributed by atoms with Crippen molar-refractivity contribution in [2.45, 2.75) is 6.54 Å². The van der Waals surface area contributed by atoms with E-state index in [1.807, 2.05) is 6.07 Å². The van der Waals surface area contributed by atoms with E-state index in [1.165, 1.54) is 10.6 Å². The Labute approximate surface area is 178 Å². The molecule has 4 rings (SSSR count). The van der Waals surface area contributed by atoms with Gasteiger partial charge in [-0.1, -0.05) is 11.6 Å². The van der Waals surface area contributed by atoms with Crippen LogP contribution < -0.4 is 5.69 Å². The van der Waals surface area contributed by atoms with Crippen LogP contribution in [0.25, 0.3) is 11.0 Å². The van der Waals surface area contributed by atoms with E-state index in [0.717, 1.165) is 12.1 Å². The largest absolute Gasteiger partial charge is 0.381 e. The molecule has 6 nitrogen and oxygen atoms in total. The Kier molecular flexibility index (Phi) is 5.07. The van der Waals surface area contributed by atoms with E-state index < -0.39 is 11.6 Å². The molecule has 2 aromatic carbocycles. The Balaban J connectivity index is 1.97. The number of fused-ring (bicyclic) bond motifs is 1. The zero-order valence-electron chi connectivity index (χ0n) is 15.2. The molecule has 1 aliphatic heterocycles. The maximum absolute atomic E-state index is 13.7. The van der Waals surface area contributed by atoms with Crippen LogP contribution in [0.15, 0.2) is 33.5 Å². The maximum Gasteiger partial charge on any atom is 0.328 e. The smallest absolute Gasteiger partial charge is 0.328 e. The summed E-state index contributed by atoms with van der Waals surface area (Å²) in [6.45, 7) is 1.60. The van der Waals surface area contributed by atoms with E-state index in [0.29, 0.717) is 35.3 Å². The van der Waals surface area contributed by atoms with Crippen LogP contribution in [0.3, 0.4) is 0 Å². The van der Waals surface area contributed by atoms with E-state index in [1.54, 1.807) is 17.7 Å². The highest BCUT2D eigenvalue weighted by Gasteiger charge is 2.28. The second-order valence-electron chi connectivity index (χ2n) is 6.90. The van der Waals surface area contributed by atoms with Crippen molar-refractivity contribution in [3.05, 3.63) is 66.8 Å². The summed E-state index contributed by atoms with van der Waals surface area (Å²) in [5.74, 6) is -1.00. The van der Waals surface area contributed by atoms with E-state index in [2.05, 4.69) is 15.9 Å². The molecule has 148 valence electrons. The molecule has 0 radical (unpaired) electrons. The summed E-state index contributed by atoms with van der Waals surface area (Å²) in [7, 11) is 1.55. The highest BCUT2D eigenvalue weighted by molar-refractivity contribution is 9.10. The number of nitriles is 1. The van der Waals surface area contributed by atoms with Gasteiger partial charge in [0.25, 0.3) is 0 Å². The lowest BCUT2D eigenvalue weighted by Gasteiger charge is -2.26. The van der Waals surface area contributed by atoms with Gasteiger partial charge in [-0.3, -0.25) is 13.9 Å². The Bertz CT molecular complexity index is 1270. The van der Waals surface area contributed by atoms with E-state index in [4.69, 9.17) is 16.3 Å². The van der Waals surface area contributed by atoms with Gasteiger partial charge < -0.3 is 4.74 Å². The molecule has 29 heavy (non-hydrogen) atoms. The van der Waals surface area contributed by atoms with Crippen molar-refractivity contribution in [2.24, 2.45) is 13.0 Å². The van der Waals surface area contributed by atoms with Crippen molar-refractivity contribution >= 4 is 44.3 Å². The van der Waals surface area contributed by atoms with Crippen LogP contribution in [0.1, 0.15) is 21.5 Å². The number of carbonyl (C=O) groups excluding carboxylic acids is 1. The van der Waals surface area contributed by atoms with Crippen molar-refractivity contribution in [2.75, 3.05) is 13.2 Å². The summed E-state index contributed by atoms with van der Waals surface area (Å²) >= 11 is 9.45. The molecule has 1 fully saturated rings. The Morgan fingerprint density at radius 3 is 2.76 bits per heavy atom. The molecule has 0 bridgehead atoms. The zero-order chi connectivity index (χ0) is 20.9. The van der Waals surface area contributed by atoms with Crippen molar-refractivity contribution in [1.29, 1.82) is 5.26 Å². The van der Waals surface area contributed by atoms with Gasteiger partial charge in [0.15, 0.2) is 5.78 Å². The third-order valence-corrected chi connectivity index (χ3v) is 5.99. The third kappa shape index (κ3) is 3.19. The molecule has 0 aliphatic carbocycles. The molecule has 0 spiro atoms. The standard InChI is InChI=1S/C20H14BrClFN3O3/c1-25-18-13(6-24)17(19(27)12-4-11(23)2-3-15(12)22)14(21)5-16(18)26(20(25)28)7-10-8-29-9-10/h2-5,10H,7-9H2,1H3. The fraction of sp³-hybridized carbons (Fsp3) is 0.250. The molecule has 3 aromatic rings. The number of imidazole rings is 1. The number of benzene rings is 2. The normalized spacial score (nSPS) is 14.0. The van der Waals surface area contributed by atoms with Crippen molar-refractivity contribution in [3.8, 4) is 6.07 Å². The van der Waals surface area contributed by atoms with Gasteiger partial charge in [-0.2, -0.15) is 5.26 Å². The van der Waals surface area contributed by atoms with Gasteiger partial charge in [-0.15, -0.1) is 0 Å². The quantitative estimate of drug-likeness (QED) is 0.537. The van der Waals surface area contributed by atoms with Gasteiger partial charge in [0.05, 0.1) is 40.4 Å². The number of hydrogen-bond acceptors (Lipinski definition) is 4. The highest BCUT2D eigenvalue weighted by Crippen LogP contribution is 2.33. The maximum atomic E-state index is 13.7. The van der Waals surface area contributed by atoms with Gasteiger partial charge in [-0.25, -0.2) is 9.18 Å². The van der Waals surface area contributed by atoms with Crippen molar-refractivity contribution < 1.29 is 13.9 Å². The average molecular weight is 479 g/mol. The predicted octanol–water partition coefficient (Wildman–Crippen LogP) is 3.64. The number of nitrogens with zero attached hydrogens (tertiary/aromatic N) is 3. The van der Waals surface area contributed by atoms with Crippen LogP contribution >= 0.6 is 27.5 Å². The first-order chi connectivity index (χ1) is 13.8. The lowest BCUT2D eigenvalue weighted by Crippen LogP contribution is -2.35. The molecule has 2 heterocycles. The number of halogens is 3. The fourth-order valence-corrected chi connectivity index (χ4v) is 4.31. The molecule has 9 heteroatoms. The summed E-state index contributed by atoms with van der Waals surface area (Å²) in [5, 5.41) is 9.92. The van der Waals surface area contributed by atoms with Crippen LogP contribution in [-0.2, 0) is 18.3 Å². The minimum atomic E-state index is -0.616. The third-order valence-electron chi connectivity index (χ3n) is 5.04. The molecule has 1 aliphatic rings. The minimum Gasteiger partial charge on any atom is -0.381 e. The average Bonchev–Trinajstić information content (AvgIpc) is 2.89. The predicted molar refractivity (Wildman–Crippen MR) is 109 cm³/mol. The Morgan fingerprint density at radius 2 is 2.14 bits per heavy atom. The molecule has 0 amide bonds. The van der Waals surface area contributed by atoms with E-state index in [-0.39, 0.29) is 33.3 Å². The minimum absolute atomic E-state index is 0.0305. The first kappa shape index (κ1) is 19.8. The number of aromatic nitrogens is 2. The lowest BCUT2D eigenvalue weighted by atomic mass is 9.97. The number of aryl methyl sites for hydroxylation is 1. The number of hydrogen-bond donors (Lipinski definition) is 0. The molecule has 0 unspecified atom stereocenters. The summed E-state index contributed by atoms with van der Waals surface area (Å²) in [4.78, 5) is 26.0. The van der Waals surface area contributed by atoms with Gasteiger partial charge in [0.1, 0.15) is 11.9 Å².